The number of hydrogen-bond acceptors (Lipinski definition) is 7. The lowest BCUT2D eigenvalue weighted by molar-refractivity contribution is 0.448. The lowest BCUT2D eigenvalue weighted by Crippen LogP contribution is -2.32. The minimum Gasteiger partial charge on any atom is -0.507 e. The Hall–Kier alpha value is -2.86. The Morgan fingerprint density at radius 1 is 1.17 bits per heavy atom. The summed E-state index contributed by atoms with van der Waals surface area (Å²) in [7, 11) is -2.74. The Labute approximate surface area is 179 Å². The minimum atomic E-state index is -3.94. The average Bonchev–Trinajstić information content (AvgIpc) is 2.68. The summed E-state index contributed by atoms with van der Waals surface area (Å²) >= 11 is 12.5. The smallest absolute Gasteiger partial charge is 0.349 e. The molecule has 0 aliphatic rings. The highest BCUT2D eigenvalue weighted by Crippen LogP contribution is 2.39. The third-order valence-corrected chi connectivity index (χ3v) is 5.93. The van der Waals surface area contributed by atoms with E-state index >= 15 is 0 Å². The summed E-state index contributed by atoms with van der Waals surface area (Å²) in [4.78, 5) is 25.2. The van der Waals surface area contributed by atoms with Gasteiger partial charge in [0.15, 0.2) is 5.75 Å². The molecule has 1 heterocycles. The van der Waals surface area contributed by atoms with Gasteiger partial charge in [0.05, 0.1) is 15.7 Å². The normalized spacial score (nSPS) is 11.5. The summed E-state index contributed by atoms with van der Waals surface area (Å²) < 4.78 is 32.6. The topological polar surface area (TPSA) is 143 Å². The van der Waals surface area contributed by atoms with E-state index in [9.17, 15) is 23.1 Å². The van der Waals surface area contributed by atoms with Crippen molar-refractivity contribution in [3.8, 4) is 22.9 Å². The van der Waals surface area contributed by atoms with Crippen LogP contribution >= 0.6 is 23.2 Å². The van der Waals surface area contributed by atoms with Crippen LogP contribution in [0.5, 0.6) is 17.2 Å². The molecule has 0 bridgehead atoms. The number of aromatic hydroxyl groups is 1. The van der Waals surface area contributed by atoms with Crippen molar-refractivity contribution in [1.82, 2.24) is 19.5 Å². The van der Waals surface area contributed by atoms with Crippen molar-refractivity contribution in [2.24, 2.45) is 0 Å². The van der Waals surface area contributed by atoms with E-state index in [-0.39, 0.29) is 32.9 Å². The molecule has 30 heavy (non-hydrogen) atoms. The predicted molar refractivity (Wildman–Crippen MR) is 110 cm³/mol. The first-order chi connectivity index (χ1) is 14.0. The molecule has 0 aliphatic heterocycles. The molecular weight excluding hydrogens is 459 g/mol. The number of sulfonamides is 1. The van der Waals surface area contributed by atoms with Gasteiger partial charge in [0.25, 0.3) is 5.56 Å². The number of benzene rings is 2. The van der Waals surface area contributed by atoms with Gasteiger partial charge in [0.1, 0.15) is 22.1 Å². The quantitative estimate of drug-likeness (QED) is 0.514. The maximum atomic E-state index is 12.0. The third-order valence-electron chi connectivity index (χ3n) is 3.93. The van der Waals surface area contributed by atoms with Crippen LogP contribution in [0.1, 0.15) is 5.69 Å². The maximum Gasteiger partial charge on any atom is 0.349 e. The molecule has 0 aliphatic carbocycles. The average molecular weight is 473 g/mol. The molecule has 3 rings (SSSR count). The molecule has 0 spiro atoms. The Morgan fingerprint density at radius 3 is 2.40 bits per heavy atom. The van der Waals surface area contributed by atoms with Crippen LogP contribution < -0.4 is 20.7 Å². The van der Waals surface area contributed by atoms with Gasteiger partial charge in [-0.2, -0.15) is 9.78 Å². The van der Waals surface area contributed by atoms with Gasteiger partial charge < -0.3 is 9.84 Å². The van der Waals surface area contributed by atoms with Crippen molar-refractivity contribution in [3.05, 3.63) is 66.9 Å². The zero-order valence-electron chi connectivity index (χ0n) is 15.4. The van der Waals surface area contributed by atoms with Crippen molar-refractivity contribution < 1.29 is 18.3 Å². The summed E-state index contributed by atoms with van der Waals surface area (Å²) in [6.07, 6.45) is 0. The van der Waals surface area contributed by atoms with Crippen LogP contribution in [0, 0.1) is 6.92 Å². The molecule has 1 aromatic heterocycles. The summed E-state index contributed by atoms with van der Waals surface area (Å²) in [5.74, 6) is -0.453. The SMILES string of the molecule is CNS(=O)(=O)c1cc(Oc2c(Cl)cc(-n3nc(C)c(=O)[nH]c3=O)cc2Cl)ccc1O. The van der Waals surface area contributed by atoms with E-state index in [1.807, 2.05) is 0 Å². The first-order valence-electron chi connectivity index (χ1n) is 8.17. The van der Waals surface area contributed by atoms with Crippen molar-refractivity contribution >= 4 is 33.2 Å². The highest BCUT2D eigenvalue weighted by molar-refractivity contribution is 7.89. The van der Waals surface area contributed by atoms with Crippen molar-refractivity contribution in [1.29, 1.82) is 0 Å². The number of hydrogen-bond donors (Lipinski definition) is 3. The number of phenols is 1. The molecule has 0 atom stereocenters. The number of H-pyrrole nitrogens is 1. The van der Waals surface area contributed by atoms with E-state index in [4.69, 9.17) is 27.9 Å². The summed E-state index contributed by atoms with van der Waals surface area (Å²) in [6, 6.07) is 6.23. The van der Waals surface area contributed by atoms with Gasteiger partial charge in [-0.15, -0.1) is 0 Å². The maximum absolute atomic E-state index is 12.0. The molecule has 0 fully saturated rings. The molecule has 10 nitrogen and oxygen atoms in total. The second-order valence-electron chi connectivity index (χ2n) is 5.93. The molecule has 0 amide bonds. The van der Waals surface area contributed by atoms with E-state index in [0.29, 0.717) is 0 Å². The number of aryl methyl sites for hydroxylation is 1. The molecule has 158 valence electrons. The van der Waals surface area contributed by atoms with Crippen LogP contribution in [-0.2, 0) is 10.0 Å². The number of aromatic amines is 1. The van der Waals surface area contributed by atoms with Crippen LogP contribution in [0.3, 0.4) is 0 Å². The van der Waals surface area contributed by atoms with E-state index in [1.165, 1.54) is 32.2 Å². The minimum absolute atomic E-state index is 0.0128. The zero-order valence-corrected chi connectivity index (χ0v) is 17.8. The first-order valence-corrected chi connectivity index (χ1v) is 10.4. The zero-order chi connectivity index (χ0) is 22.2. The number of phenolic OH excluding ortho intramolecular Hbond substituents is 1. The lowest BCUT2D eigenvalue weighted by Gasteiger charge is -2.13. The lowest BCUT2D eigenvalue weighted by atomic mass is 10.3. The van der Waals surface area contributed by atoms with Gasteiger partial charge in [-0.1, -0.05) is 23.2 Å². The van der Waals surface area contributed by atoms with Crippen LogP contribution in [0.25, 0.3) is 5.69 Å². The Bertz CT molecular complexity index is 1340. The summed E-state index contributed by atoms with van der Waals surface area (Å²) in [6.45, 7) is 1.43. The first kappa shape index (κ1) is 21.8. The monoisotopic (exact) mass is 472 g/mol. The number of halogens is 2. The van der Waals surface area contributed by atoms with Crippen LogP contribution in [0.15, 0.2) is 44.8 Å². The summed E-state index contributed by atoms with van der Waals surface area (Å²) in [5.41, 5.74) is -1.17. The molecular formula is C17H14Cl2N4O6S. The number of nitrogens with zero attached hydrogens (tertiary/aromatic N) is 2. The van der Waals surface area contributed by atoms with Gasteiger partial charge in [-0.3, -0.25) is 9.78 Å². The summed E-state index contributed by atoms with van der Waals surface area (Å²) in [5, 5.41) is 13.7. The molecule has 3 N–H and O–H groups in total. The molecule has 0 radical (unpaired) electrons. The largest absolute Gasteiger partial charge is 0.507 e. The highest BCUT2D eigenvalue weighted by atomic mass is 35.5. The van der Waals surface area contributed by atoms with Gasteiger partial charge in [0.2, 0.25) is 10.0 Å². The molecule has 0 saturated heterocycles. The van der Waals surface area contributed by atoms with Crippen LogP contribution in [0.4, 0.5) is 0 Å². The van der Waals surface area contributed by atoms with Gasteiger partial charge in [-0.25, -0.2) is 17.9 Å². The predicted octanol–water partition coefficient (Wildman–Crippen LogP) is 1.94. The molecule has 2 aromatic carbocycles. The van der Waals surface area contributed by atoms with Crippen molar-refractivity contribution in [2.75, 3.05) is 7.05 Å². The number of ether oxygens (including phenoxy) is 1. The number of nitrogens with one attached hydrogen (secondary N) is 2. The highest BCUT2D eigenvalue weighted by Gasteiger charge is 2.19. The standard InChI is InChI=1S/C17H14Cl2N4O6S/c1-8-16(25)21-17(26)23(22-8)9-5-11(18)15(12(19)6-9)29-10-3-4-13(24)14(7-10)30(27,28)20-2/h3-7,20,24H,1-2H3,(H,21,25,26). The molecule has 13 heteroatoms. The molecule has 3 aromatic rings. The molecule has 0 saturated carbocycles. The van der Waals surface area contributed by atoms with Gasteiger partial charge in [-0.05, 0) is 38.2 Å². The third kappa shape index (κ3) is 4.19. The molecule has 0 unspecified atom stereocenters. The van der Waals surface area contributed by atoms with Crippen molar-refractivity contribution in [2.45, 2.75) is 11.8 Å². The van der Waals surface area contributed by atoms with Crippen LogP contribution in [0.2, 0.25) is 10.0 Å². The number of aromatic nitrogens is 3. The van der Waals surface area contributed by atoms with E-state index < -0.39 is 31.9 Å². The van der Waals surface area contributed by atoms with Gasteiger partial charge >= 0.3 is 5.69 Å². The Balaban J connectivity index is 2.04. The van der Waals surface area contributed by atoms with Crippen LogP contribution in [-0.4, -0.2) is 35.3 Å². The fourth-order valence-electron chi connectivity index (χ4n) is 2.42. The fraction of sp³-hybridized carbons (Fsp3) is 0.118. The Morgan fingerprint density at radius 2 is 1.80 bits per heavy atom. The van der Waals surface area contributed by atoms with E-state index in [2.05, 4.69) is 14.8 Å². The van der Waals surface area contributed by atoms with Crippen molar-refractivity contribution in [3.63, 3.8) is 0 Å². The van der Waals surface area contributed by atoms with E-state index in [1.54, 1.807) is 0 Å². The van der Waals surface area contributed by atoms with Gasteiger partial charge in [0, 0.05) is 6.07 Å². The second kappa shape index (κ2) is 8.11. The Kier molecular flexibility index (Phi) is 5.90. The second-order valence-corrected chi connectivity index (χ2v) is 8.60. The fourth-order valence-corrected chi connectivity index (χ4v) is 3.81. The number of rotatable bonds is 5. The van der Waals surface area contributed by atoms with E-state index in [0.717, 1.165) is 16.8 Å².